The van der Waals surface area contributed by atoms with Gasteiger partial charge < -0.3 is 5.11 Å². The van der Waals surface area contributed by atoms with Gasteiger partial charge in [0, 0.05) is 5.02 Å². The van der Waals surface area contributed by atoms with Crippen LogP contribution in [-0.4, -0.2) is 11.1 Å². The van der Waals surface area contributed by atoms with Crippen molar-refractivity contribution in [1.29, 1.82) is 0 Å². The molecule has 0 spiro atoms. The SMILES string of the molecule is CC(C)(Cc1ccc(Cl)cc1)C(=O)O. The number of hydrogen-bond acceptors (Lipinski definition) is 1. The van der Waals surface area contributed by atoms with Gasteiger partial charge in [0.15, 0.2) is 0 Å². The molecule has 1 aromatic rings. The largest absolute Gasteiger partial charge is 0.481 e. The molecule has 0 amide bonds. The number of aliphatic carboxylic acids is 1. The van der Waals surface area contributed by atoms with E-state index in [4.69, 9.17) is 16.7 Å². The molecule has 0 fully saturated rings. The number of benzene rings is 1. The number of carboxylic acid groups (broad SMARTS) is 1. The Hall–Kier alpha value is -1.02. The third-order valence-corrected chi connectivity index (χ3v) is 2.39. The number of halogens is 1. The van der Waals surface area contributed by atoms with Gasteiger partial charge in [-0.1, -0.05) is 23.7 Å². The van der Waals surface area contributed by atoms with Crippen molar-refractivity contribution in [3.63, 3.8) is 0 Å². The van der Waals surface area contributed by atoms with E-state index in [-0.39, 0.29) is 0 Å². The van der Waals surface area contributed by atoms with Crippen LogP contribution in [0.15, 0.2) is 24.3 Å². The van der Waals surface area contributed by atoms with E-state index in [9.17, 15) is 4.79 Å². The van der Waals surface area contributed by atoms with Gasteiger partial charge in [0.05, 0.1) is 5.41 Å². The number of carboxylic acids is 1. The Kier molecular flexibility index (Phi) is 3.17. The lowest BCUT2D eigenvalue weighted by Crippen LogP contribution is -2.26. The number of hydrogen-bond donors (Lipinski definition) is 1. The lowest BCUT2D eigenvalue weighted by atomic mass is 9.86. The molecule has 0 unspecified atom stereocenters. The van der Waals surface area contributed by atoms with Gasteiger partial charge in [-0.15, -0.1) is 0 Å². The van der Waals surface area contributed by atoms with Crippen molar-refractivity contribution in [2.24, 2.45) is 5.41 Å². The van der Waals surface area contributed by atoms with E-state index >= 15 is 0 Å². The topological polar surface area (TPSA) is 37.3 Å². The highest BCUT2D eigenvalue weighted by Crippen LogP contribution is 2.22. The van der Waals surface area contributed by atoms with Crippen molar-refractivity contribution in [2.75, 3.05) is 0 Å². The Labute approximate surface area is 88.5 Å². The first-order valence-corrected chi connectivity index (χ1v) is 4.77. The van der Waals surface area contributed by atoms with E-state index in [1.165, 1.54) is 0 Å². The lowest BCUT2D eigenvalue weighted by Gasteiger charge is -2.18. The summed E-state index contributed by atoms with van der Waals surface area (Å²) in [5.41, 5.74) is 0.259. The summed E-state index contributed by atoms with van der Waals surface area (Å²) in [5.74, 6) is -0.785. The minimum atomic E-state index is -0.785. The summed E-state index contributed by atoms with van der Waals surface area (Å²) in [4.78, 5) is 10.9. The van der Waals surface area contributed by atoms with Gasteiger partial charge in [-0.25, -0.2) is 0 Å². The Morgan fingerprint density at radius 1 is 1.36 bits per heavy atom. The van der Waals surface area contributed by atoms with Crippen LogP contribution in [0.4, 0.5) is 0 Å². The zero-order chi connectivity index (χ0) is 10.8. The summed E-state index contributed by atoms with van der Waals surface area (Å²) >= 11 is 5.73. The first-order valence-electron chi connectivity index (χ1n) is 4.40. The second-order valence-corrected chi connectivity index (χ2v) is 4.43. The second kappa shape index (κ2) is 4.01. The maximum absolute atomic E-state index is 10.9. The van der Waals surface area contributed by atoms with Crippen molar-refractivity contribution in [2.45, 2.75) is 20.3 Å². The molecule has 0 bridgehead atoms. The molecule has 1 rings (SSSR count). The van der Waals surface area contributed by atoms with Crippen LogP contribution in [0.2, 0.25) is 5.02 Å². The van der Waals surface area contributed by atoms with Crippen molar-refractivity contribution in [3.05, 3.63) is 34.9 Å². The van der Waals surface area contributed by atoms with Crippen LogP contribution in [0.5, 0.6) is 0 Å². The highest BCUT2D eigenvalue weighted by atomic mass is 35.5. The molecule has 1 N–H and O–H groups in total. The standard InChI is InChI=1S/C11H13ClO2/c1-11(2,10(13)14)7-8-3-5-9(12)6-4-8/h3-6H,7H2,1-2H3,(H,13,14). The average Bonchev–Trinajstić information content (AvgIpc) is 2.08. The second-order valence-electron chi connectivity index (χ2n) is 3.99. The lowest BCUT2D eigenvalue weighted by molar-refractivity contribution is -0.146. The molecule has 0 aliphatic heterocycles. The molecular formula is C11H13ClO2. The highest BCUT2D eigenvalue weighted by molar-refractivity contribution is 6.30. The Bertz CT molecular complexity index is 328. The molecule has 0 aromatic heterocycles. The molecule has 14 heavy (non-hydrogen) atoms. The molecule has 0 aliphatic rings. The molecule has 2 nitrogen and oxygen atoms in total. The Balaban J connectivity index is 2.79. The molecule has 3 heteroatoms. The first-order chi connectivity index (χ1) is 6.42. The van der Waals surface area contributed by atoms with Gasteiger partial charge in [0.2, 0.25) is 0 Å². The summed E-state index contributed by atoms with van der Waals surface area (Å²) in [7, 11) is 0. The summed E-state index contributed by atoms with van der Waals surface area (Å²) in [6.45, 7) is 3.42. The third-order valence-electron chi connectivity index (χ3n) is 2.14. The fourth-order valence-corrected chi connectivity index (χ4v) is 1.31. The average molecular weight is 213 g/mol. The van der Waals surface area contributed by atoms with E-state index in [2.05, 4.69) is 0 Å². The van der Waals surface area contributed by atoms with Crippen LogP contribution in [0.25, 0.3) is 0 Å². The summed E-state index contributed by atoms with van der Waals surface area (Å²) in [5, 5.41) is 9.60. The van der Waals surface area contributed by atoms with Gasteiger partial charge in [0.25, 0.3) is 0 Å². The predicted molar refractivity (Wildman–Crippen MR) is 56.6 cm³/mol. The van der Waals surface area contributed by atoms with Gasteiger partial charge in [-0.3, -0.25) is 4.79 Å². The molecule has 0 heterocycles. The minimum Gasteiger partial charge on any atom is -0.481 e. The molecule has 0 radical (unpaired) electrons. The van der Waals surface area contributed by atoms with Crippen LogP contribution < -0.4 is 0 Å². The van der Waals surface area contributed by atoms with E-state index in [1.54, 1.807) is 26.0 Å². The zero-order valence-electron chi connectivity index (χ0n) is 8.25. The molecule has 0 saturated heterocycles. The van der Waals surface area contributed by atoms with Crippen LogP contribution in [0.1, 0.15) is 19.4 Å². The van der Waals surface area contributed by atoms with Gasteiger partial charge >= 0.3 is 5.97 Å². The van der Waals surface area contributed by atoms with Crippen LogP contribution in [0, 0.1) is 5.41 Å². The van der Waals surface area contributed by atoms with Crippen molar-refractivity contribution in [3.8, 4) is 0 Å². The van der Waals surface area contributed by atoms with Crippen molar-refractivity contribution >= 4 is 17.6 Å². The van der Waals surface area contributed by atoms with E-state index in [0.29, 0.717) is 11.4 Å². The summed E-state index contributed by atoms with van der Waals surface area (Å²) < 4.78 is 0. The maximum Gasteiger partial charge on any atom is 0.309 e. The molecule has 0 aliphatic carbocycles. The van der Waals surface area contributed by atoms with Crippen LogP contribution >= 0.6 is 11.6 Å². The molecule has 0 saturated carbocycles. The molecular weight excluding hydrogens is 200 g/mol. The van der Waals surface area contributed by atoms with Crippen molar-refractivity contribution < 1.29 is 9.90 Å². The van der Waals surface area contributed by atoms with E-state index < -0.39 is 11.4 Å². The molecule has 76 valence electrons. The number of carbonyl (C=O) groups is 1. The Morgan fingerprint density at radius 3 is 2.29 bits per heavy atom. The zero-order valence-corrected chi connectivity index (χ0v) is 9.01. The normalized spacial score (nSPS) is 11.4. The maximum atomic E-state index is 10.9. The van der Waals surface area contributed by atoms with Crippen LogP contribution in [-0.2, 0) is 11.2 Å². The van der Waals surface area contributed by atoms with E-state index in [0.717, 1.165) is 5.56 Å². The van der Waals surface area contributed by atoms with E-state index in [1.807, 2.05) is 12.1 Å². The minimum absolute atomic E-state index is 0.513. The number of rotatable bonds is 3. The van der Waals surface area contributed by atoms with Gasteiger partial charge in [0.1, 0.15) is 0 Å². The Morgan fingerprint density at radius 2 is 1.86 bits per heavy atom. The third kappa shape index (κ3) is 2.74. The predicted octanol–water partition coefficient (Wildman–Crippen LogP) is 2.99. The van der Waals surface area contributed by atoms with Gasteiger partial charge in [-0.05, 0) is 38.0 Å². The fraction of sp³-hybridized carbons (Fsp3) is 0.364. The quantitative estimate of drug-likeness (QED) is 0.837. The molecule has 1 aromatic carbocycles. The molecule has 0 atom stereocenters. The monoisotopic (exact) mass is 212 g/mol. The summed E-state index contributed by atoms with van der Waals surface area (Å²) in [6.07, 6.45) is 0.513. The highest BCUT2D eigenvalue weighted by Gasteiger charge is 2.27. The fourth-order valence-electron chi connectivity index (χ4n) is 1.19. The van der Waals surface area contributed by atoms with Crippen LogP contribution in [0.3, 0.4) is 0 Å². The van der Waals surface area contributed by atoms with Gasteiger partial charge in [-0.2, -0.15) is 0 Å². The summed E-state index contributed by atoms with van der Waals surface area (Å²) in [6, 6.07) is 7.25. The first kappa shape index (κ1) is 11.1. The smallest absolute Gasteiger partial charge is 0.309 e. The van der Waals surface area contributed by atoms with Crippen molar-refractivity contribution in [1.82, 2.24) is 0 Å².